The fraction of sp³-hybridized carbons (Fsp3) is 0.0556. The molecule has 136 valence electrons. The zero-order chi connectivity index (χ0) is 19.2. The van der Waals surface area contributed by atoms with Crippen LogP contribution in [0.5, 0.6) is 0 Å². The predicted molar refractivity (Wildman–Crippen MR) is 95.1 cm³/mol. The first-order valence-corrected chi connectivity index (χ1v) is 8.45. The van der Waals surface area contributed by atoms with Crippen molar-refractivity contribution in [3.05, 3.63) is 70.1 Å². The minimum atomic E-state index is -4.56. The molecule has 0 unspecified atom stereocenters. The standard InChI is InChI=1S/C18H9F3N2O3S/c19-18(20,21)10-5-3-7-14-15(10)22-17(27-14)23-16(25)13-8-11(24)9-4-1-2-6-12(9)26-13/h1-8H,(H,22,23,25). The first-order chi connectivity index (χ1) is 12.8. The molecule has 0 radical (unpaired) electrons. The number of thiazole rings is 1. The molecule has 2 aromatic heterocycles. The van der Waals surface area contributed by atoms with Crippen molar-refractivity contribution in [3.63, 3.8) is 0 Å². The Balaban J connectivity index is 1.70. The average Bonchev–Trinajstić information content (AvgIpc) is 3.03. The smallest absolute Gasteiger partial charge is 0.418 e. The van der Waals surface area contributed by atoms with Crippen LogP contribution in [0.1, 0.15) is 16.1 Å². The van der Waals surface area contributed by atoms with Crippen LogP contribution in [0, 0.1) is 0 Å². The lowest BCUT2D eigenvalue weighted by Crippen LogP contribution is -2.14. The van der Waals surface area contributed by atoms with E-state index in [1.54, 1.807) is 24.3 Å². The molecule has 0 aliphatic heterocycles. The summed E-state index contributed by atoms with van der Waals surface area (Å²) < 4.78 is 44.9. The lowest BCUT2D eigenvalue weighted by atomic mass is 10.2. The van der Waals surface area contributed by atoms with E-state index < -0.39 is 23.1 Å². The second-order valence-corrected chi connectivity index (χ2v) is 6.62. The van der Waals surface area contributed by atoms with Crippen molar-refractivity contribution in [1.82, 2.24) is 4.98 Å². The van der Waals surface area contributed by atoms with Gasteiger partial charge in [0.15, 0.2) is 16.3 Å². The van der Waals surface area contributed by atoms with Crippen LogP contribution in [0.3, 0.4) is 0 Å². The van der Waals surface area contributed by atoms with E-state index in [2.05, 4.69) is 10.3 Å². The zero-order valence-corrected chi connectivity index (χ0v) is 14.1. The van der Waals surface area contributed by atoms with E-state index in [1.165, 1.54) is 12.1 Å². The van der Waals surface area contributed by atoms with E-state index in [-0.39, 0.29) is 26.7 Å². The van der Waals surface area contributed by atoms with E-state index in [4.69, 9.17) is 4.42 Å². The maximum atomic E-state index is 13.1. The summed E-state index contributed by atoms with van der Waals surface area (Å²) in [5.41, 5.74) is -1.29. The molecule has 1 N–H and O–H groups in total. The van der Waals surface area contributed by atoms with Gasteiger partial charge in [-0.25, -0.2) is 4.98 Å². The van der Waals surface area contributed by atoms with Crippen molar-refractivity contribution in [2.75, 3.05) is 5.32 Å². The van der Waals surface area contributed by atoms with Gasteiger partial charge in [0.25, 0.3) is 5.91 Å². The Morgan fingerprint density at radius 1 is 1.11 bits per heavy atom. The van der Waals surface area contributed by atoms with Crippen molar-refractivity contribution in [2.45, 2.75) is 6.18 Å². The minimum absolute atomic E-state index is 0.0255. The summed E-state index contributed by atoms with van der Waals surface area (Å²) in [7, 11) is 0. The second-order valence-electron chi connectivity index (χ2n) is 5.59. The molecule has 0 saturated heterocycles. The number of nitrogens with zero attached hydrogens (tertiary/aromatic N) is 1. The van der Waals surface area contributed by atoms with Gasteiger partial charge in [-0.15, -0.1) is 0 Å². The number of nitrogens with one attached hydrogen (secondary N) is 1. The van der Waals surface area contributed by atoms with E-state index in [1.807, 2.05) is 0 Å². The average molecular weight is 390 g/mol. The summed E-state index contributed by atoms with van der Waals surface area (Å²) in [6.07, 6.45) is -4.56. The highest BCUT2D eigenvalue weighted by atomic mass is 32.1. The van der Waals surface area contributed by atoms with Crippen molar-refractivity contribution in [2.24, 2.45) is 0 Å². The van der Waals surface area contributed by atoms with E-state index in [9.17, 15) is 22.8 Å². The third-order valence-electron chi connectivity index (χ3n) is 3.80. The largest absolute Gasteiger partial charge is 0.451 e. The third kappa shape index (κ3) is 3.17. The van der Waals surface area contributed by atoms with Crippen LogP contribution in [0.15, 0.2) is 57.7 Å². The Morgan fingerprint density at radius 2 is 1.89 bits per heavy atom. The molecule has 0 aliphatic rings. The van der Waals surface area contributed by atoms with E-state index in [0.29, 0.717) is 5.39 Å². The summed E-state index contributed by atoms with van der Waals surface area (Å²) in [6.45, 7) is 0. The number of amides is 1. The number of hydrogen-bond acceptors (Lipinski definition) is 5. The fourth-order valence-corrected chi connectivity index (χ4v) is 3.49. The highest BCUT2D eigenvalue weighted by Crippen LogP contribution is 2.37. The molecule has 4 rings (SSSR count). The quantitative estimate of drug-likeness (QED) is 0.540. The highest BCUT2D eigenvalue weighted by molar-refractivity contribution is 7.22. The molecule has 0 bridgehead atoms. The van der Waals surface area contributed by atoms with Crippen LogP contribution in [-0.2, 0) is 6.18 Å². The van der Waals surface area contributed by atoms with Crippen LogP contribution in [0.4, 0.5) is 18.3 Å². The first-order valence-electron chi connectivity index (χ1n) is 7.64. The number of rotatable bonds is 2. The van der Waals surface area contributed by atoms with Gasteiger partial charge in [-0.2, -0.15) is 13.2 Å². The zero-order valence-electron chi connectivity index (χ0n) is 13.3. The summed E-state index contributed by atoms with van der Waals surface area (Å²) in [5.74, 6) is -1.03. The number of hydrogen-bond donors (Lipinski definition) is 1. The van der Waals surface area contributed by atoms with Crippen LogP contribution >= 0.6 is 11.3 Å². The Kier molecular flexibility index (Phi) is 3.96. The summed E-state index contributed by atoms with van der Waals surface area (Å²) in [4.78, 5) is 28.3. The van der Waals surface area contributed by atoms with Crippen molar-refractivity contribution < 1.29 is 22.4 Å². The van der Waals surface area contributed by atoms with Gasteiger partial charge >= 0.3 is 6.18 Å². The minimum Gasteiger partial charge on any atom is -0.451 e. The van der Waals surface area contributed by atoms with Crippen LogP contribution in [0.25, 0.3) is 21.2 Å². The van der Waals surface area contributed by atoms with Crippen molar-refractivity contribution >= 4 is 43.6 Å². The molecule has 1 amide bonds. The third-order valence-corrected chi connectivity index (χ3v) is 4.74. The Morgan fingerprint density at radius 3 is 2.67 bits per heavy atom. The normalized spacial score (nSPS) is 11.8. The number of carbonyl (C=O) groups is 1. The van der Waals surface area contributed by atoms with Crippen LogP contribution in [-0.4, -0.2) is 10.9 Å². The molecule has 0 spiro atoms. The lowest BCUT2D eigenvalue weighted by molar-refractivity contribution is -0.136. The number of carbonyl (C=O) groups excluding carboxylic acids is 1. The molecule has 0 saturated carbocycles. The van der Waals surface area contributed by atoms with Gasteiger partial charge in [-0.05, 0) is 24.3 Å². The van der Waals surface area contributed by atoms with Gasteiger partial charge in [-0.1, -0.05) is 29.5 Å². The lowest BCUT2D eigenvalue weighted by Gasteiger charge is -2.06. The molecular formula is C18H9F3N2O3S. The molecule has 0 atom stereocenters. The number of benzene rings is 2. The molecule has 0 aliphatic carbocycles. The number of fused-ring (bicyclic) bond motifs is 2. The van der Waals surface area contributed by atoms with Gasteiger partial charge in [0.1, 0.15) is 5.58 Å². The molecule has 5 nitrogen and oxygen atoms in total. The molecular weight excluding hydrogens is 381 g/mol. The molecule has 27 heavy (non-hydrogen) atoms. The molecule has 0 fully saturated rings. The van der Waals surface area contributed by atoms with Gasteiger partial charge < -0.3 is 4.42 Å². The van der Waals surface area contributed by atoms with E-state index in [0.717, 1.165) is 23.5 Å². The van der Waals surface area contributed by atoms with Gasteiger partial charge in [-0.3, -0.25) is 14.9 Å². The Hall–Kier alpha value is -3.20. The predicted octanol–water partition coefficient (Wildman–Crippen LogP) is 4.67. The number of halogens is 3. The molecule has 2 aromatic carbocycles. The summed E-state index contributed by atoms with van der Waals surface area (Å²) >= 11 is 0.896. The molecule has 2 heterocycles. The Bertz CT molecular complexity index is 1240. The number of alkyl halides is 3. The van der Waals surface area contributed by atoms with E-state index >= 15 is 0 Å². The summed E-state index contributed by atoms with van der Waals surface area (Å²) in [5, 5.41) is 2.68. The highest BCUT2D eigenvalue weighted by Gasteiger charge is 2.33. The summed E-state index contributed by atoms with van der Waals surface area (Å²) in [6, 6.07) is 11.1. The number of anilines is 1. The van der Waals surface area contributed by atoms with Gasteiger partial charge in [0.05, 0.1) is 21.2 Å². The topological polar surface area (TPSA) is 72.2 Å². The SMILES string of the molecule is O=C(Nc1nc2c(C(F)(F)F)cccc2s1)c1cc(=O)c2ccccc2o1. The Labute approximate surface area is 153 Å². The van der Waals surface area contributed by atoms with Gasteiger partial charge in [0, 0.05) is 6.07 Å². The maximum Gasteiger partial charge on any atom is 0.418 e. The molecule has 4 aromatic rings. The number of aromatic nitrogens is 1. The van der Waals surface area contributed by atoms with Gasteiger partial charge in [0.2, 0.25) is 0 Å². The monoisotopic (exact) mass is 390 g/mol. The molecule has 9 heteroatoms. The van der Waals surface area contributed by atoms with Crippen molar-refractivity contribution in [1.29, 1.82) is 0 Å². The number of para-hydroxylation sites is 2. The van der Waals surface area contributed by atoms with Crippen LogP contribution < -0.4 is 10.7 Å². The van der Waals surface area contributed by atoms with Crippen molar-refractivity contribution in [3.8, 4) is 0 Å². The first kappa shape index (κ1) is 17.2. The maximum absolute atomic E-state index is 13.1. The fourth-order valence-electron chi connectivity index (χ4n) is 2.61. The second kappa shape index (κ2) is 6.20. The van der Waals surface area contributed by atoms with Crippen LogP contribution in [0.2, 0.25) is 0 Å².